The quantitative estimate of drug-likeness (QED) is 0.0209. The maximum Gasteiger partial charge on any atom is 0.268 e. The molecule has 0 spiro atoms. The molecule has 2 fully saturated rings. The van der Waals surface area contributed by atoms with Crippen LogP contribution in [0, 0.1) is 23.3 Å². The second kappa shape index (κ2) is 45.2. The third-order valence-corrected chi connectivity index (χ3v) is 28.4. The van der Waals surface area contributed by atoms with Crippen molar-refractivity contribution in [2.75, 3.05) is 106 Å². The molecule has 1 unspecified atom stereocenters. The number of amides is 1. The van der Waals surface area contributed by atoms with Crippen LogP contribution in [0.4, 0.5) is 17.6 Å². The number of benzene rings is 8. The lowest BCUT2D eigenvalue weighted by Crippen LogP contribution is -2.33. The number of nitrogens with one attached hydrogen (secondary N) is 4. The van der Waals surface area contributed by atoms with E-state index in [4.69, 9.17) is 23.7 Å². The van der Waals surface area contributed by atoms with Gasteiger partial charge in [-0.3, -0.25) is 9.69 Å². The van der Waals surface area contributed by atoms with Crippen molar-refractivity contribution in [3.8, 4) is 68.0 Å². The fourth-order valence-corrected chi connectivity index (χ4v) is 20.8. The number of likely N-dealkylation sites (tertiary alicyclic amines) is 2. The van der Waals surface area contributed by atoms with Gasteiger partial charge in [-0.05, 0) is 204 Å². The van der Waals surface area contributed by atoms with Crippen LogP contribution in [-0.2, 0) is 85.6 Å². The van der Waals surface area contributed by atoms with Gasteiger partial charge in [0.2, 0.25) is 5.91 Å². The molecule has 0 aliphatic carbocycles. The van der Waals surface area contributed by atoms with Gasteiger partial charge in [-0.15, -0.1) is 0 Å². The van der Waals surface area contributed by atoms with Crippen molar-refractivity contribution in [3.05, 3.63) is 289 Å². The Morgan fingerprint density at radius 3 is 1.02 bits per heavy atom. The summed E-state index contributed by atoms with van der Waals surface area (Å²) in [6.07, 6.45) is 12.3. The largest absolute Gasteiger partial charge is 0.494 e. The van der Waals surface area contributed by atoms with Crippen LogP contribution in [0.3, 0.4) is 0 Å². The van der Waals surface area contributed by atoms with E-state index in [1.807, 2.05) is 0 Å². The zero-order valence-electron chi connectivity index (χ0n) is 72.1. The van der Waals surface area contributed by atoms with Gasteiger partial charge in [-0.1, -0.05) is 79.2 Å². The Kier molecular flexibility index (Phi) is 34.4. The van der Waals surface area contributed by atoms with Gasteiger partial charge < -0.3 is 49.9 Å². The number of halogens is 4. The van der Waals surface area contributed by atoms with E-state index in [0.29, 0.717) is 106 Å². The van der Waals surface area contributed by atoms with Gasteiger partial charge in [0, 0.05) is 150 Å². The van der Waals surface area contributed by atoms with E-state index >= 15 is 0 Å². The normalized spacial score (nSPS) is 13.8. The highest BCUT2D eigenvalue weighted by Gasteiger charge is 2.31. The number of sulfone groups is 1. The Bertz CT molecular complexity index is 6380. The van der Waals surface area contributed by atoms with Crippen LogP contribution >= 0.6 is 0 Å². The highest BCUT2D eigenvalue weighted by Crippen LogP contribution is 2.37. The van der Waals surface area contributed by atoms with Crippen LogP contribution < -0.4 is 40.2 Å². The van der Waals surface area contributed by atoms with Gasteiger partial charge in [-0.25, -0.2) is 75.5 Å². The Hall–Kier alpha value is -11.2. The number of carbonyl (C=O) groups is 1. The molecule has 1 atom stereocenters. The van der Waals surface area contributed by atoms with Crippen LogP contribution in [0.5, 0.6) is 23.0 Å². The summed E-state index contributed by atoms with van der Waals surface area (Å²) < 4.78 is 221. The second-order valence-corrected chi connectivity index (χ2v) is 39.9. The van der Waals surface area contributed by atoms with Gasteiger partial charge in [0.05, 0.1) is 67.9 Å². The van der Waals surface area contributed by atoms with Gasteiger partial charge >= 0.3 is 0 Å². The summed E-state index contributed by atoms with van der Waals surface area (Å²) in [7, 11) is -10.5. The van der Waals surface area contributed by atoms with Crippen molar-refractivity contribution in [1.82, 2.24) is 47.0 Å². The van der Waals surface area contributed by atoms with Crippen molar-refractivity contribution in [1.29, 1.82) is 0 Å². The minimum Gasteiger partial charge on any atom is -0.494 e. The Labute approximate surface area is 746 Å². The van der Waals surface area contributed by atoms with Crippen molar-refractivity contribution >= 4 is 55.8 Å². The lowest BCUT2D eigenvalue weighted by Gasteiger charge is -2.26. The molecule has 2 saturated heterocycles. The predicted octanol–water partition coefficient (Wildman–Crippen LogP) is 14.1. The first kappa shape index (κ1) is 97.4. The van der Waals surface area contributed by atoms with Gasteiger partial charge in [-0.2, -0.15) is 0 Å². The molecule has 26 nitrogen and oxygen atoms in total. The topological polar surface area (TPSA) is 308 Å². The molecular formula is C93H106F4N10O16S5. The van der Waals surface area contributed by atoms with Gasteiger partial charge in [0.1, 0.15) is 68.8 Å². The van der Waals surface area contributed by atoms with E-state index in [1.165, 1.54) is 130 Å². The molecule has 35 heteroatoms. The van der Waals surface area contributed by atoms with E-state index in [9.17, 15) is 64.4 Å². The zero-order chi connectivity index (χ0) is 91.8. The fraction of sp³-hybridized carbons (Fsp3) is 0.301. The van der Waals surface area contributed by atoms with Crippen molar-refractivity contribution in [2.24, 2.45) is 0 Å². The molecule has 0 radical (unpaired) electrons. The number of hydrogen-bond donors (Lipinski definition) is 4. The first-order valence-corrected chi connectivity index (χ1v) is 49.2. The molecule has 6 heterocycles. The summed E-state index contributed by atoms with van der Waals surface area (Å²) in [5.41, 5.74) is 4.71. The fourth-order valence-electron chi connectivity index (χ4n) is 14.5. The number of hydrogen-bond acceptors (Lipinski definition) is 21. The number of aromatic nitrogens is 4. The van der Waals surface area contributed by atoms with Gasteiger partial charge in [0.25, 0.3) is 40.1 Å². The molecule has 4 N–H and O–H groups in total. The predicted molar refractivity (Wildman–Crippen MR) is 485 cm³/mol. The summed E-state index contributed by atoms with van der Waals surface area (Å²) >= 11 is 0. The highest BCUT2D eigenvalue weighted by atomic mass is 32.2. The van der Waals surface area contributed by atoms with E-state index < -0.39 is 73.2 Å². The monoisotopic (exact) mass is 1850 g/mol. The molecule has 682 valence electrons. The molecule has 14 rings (SSSR count). The maximum absolute atomic E-state index is 14.6. The molecule has 4 aromatic heterocycles. The smallest absolute Gasteiger partial charge is 0.268 e. The van der Waals surface area contributed by atoms with Crippen LogP contribution in [-0.4, -0.2) is 186 Å². The van der Waals surface area contributed by atoms with E-state index in [2.05, 4.69) is 26.2 Å². The molecule has 1 amide bonds. The average Bonchev–Trinajstić information content (AvgIpc) is 1.65. The SMILES string of the molecule is CNCc1cc(-c2ccccc2F)n(S(=O)(=O)c2cccc(OC3CCN(C(C)=O)C3)c2)c1.CNCc1cc(-c2ccccc2F)n(S(=O)(=O)c2cccc(OCCCOC)c2)c1.CNCc1cc(-c2ccccc2F)n(S(=O)(=O)c2cccc(OCCCS(C)(=O)=O)c2)c1.CNCc1cc(-c2ccccc2F)n(S(=O)(=O)c2cccc(OCCN3CCCCC3)c2)c1. The van der Waals surface area contributed by atoms with Crippen LogP contribution in [0.2, 0.25) is 0 Å². The average molecular weight is 1860 g/mol. The summed E-state index contributed by atoms with van der Waals surface area (Å²) in [6.45, 7) is 8.93. The summed E-state index contributed by atoms with van der Waals surface area (Å²) in [4.78, 5) is 15.8. The van der Waals surface area contributed by atoms with E-state index in [1.54, 1.807) is 180 Å². The van der Waals surface area contributed by atoms with Crippen molar-refractivity contribution in [2.45, 2.75) is 97.3 Å². The first-order chi connectivity index (χ1) is 61.4. The first-order valence-electron chi connectivity index (χ1n) is 41.4. The number of ether oxygens (including phenoxy) is 5. The number of rotatable bonds is 36. The Balaban J connectivity index is 0.000000165. The third kappa shape index (κ3) is 25.4. The summed E-state index contributed by atoms with van der Waals surface area (Å²) in [5.74, 6) is -0.368. The molecule has 0 bridgehead atoms. The summed E-state index contributed by atoms with van der Waals surface area (Å²) in [6, 6.07) is 56.1. The zero-order valence-corrected chi connectivity index (χ0v) is 76.2. The number of methoxy groups -OCH3 is 1. The van der Waals surface area contributed by atoms with E-state index in [0.717, 1.165) is 52.9 Å². The third-order valence-electron chi connectivity index (χ3n) is 20.7. The molecule has 8 aromatic carbocycles. The van der Waals surface area contributed by atoms with Crippen molar-refractivity contribution in [3.63, 3.8) is 0 Å². The number of nitrogens with zero attached hydrogens (tertiary/aromatic N) is 6. The molecule has 12 aromatic rings. The van der Waals surface area contributed by atoms with Crippen molar-refractivity contribution < 1.29 is 88.1 Å². The lowest BCUT2D eigenvalue weighted by molar-refractivity contribution is -0.128. The van der Waals surface area contributed by atoms with Gasteiger partial charge in [0.15, 0.2) is 0 Å². The lowest BCUT2D eigenvalue weighted by atomic mass is 10.1. The number of piperidine rings is 1. The second-order valence-electron chi connectivity index (χ2n) is 30.3. The minimum atomic E-state index is -4.06. The Morgan fingerprint density at radius 1 is 0.391 bits per heavy atom. The Morgan fingerprint density at radius 2 is 0.711 bits per heavy atom. The minimum absolute atomic E-state index is 0.0110. The molecule has 128 heavy (non-hydrogen) atoms. The summed E-state index contributed by atoms with van der Waals surface area (Å²) in [5, 5.41) is 12.0. The molecule has 2 aliphatic rings. The van der Waals surface area contributed by atoms with E-state index in [-0.39, 0.29) is 95.4 Å². The van der Waals surface area contributed by atoms with Crippen LogP contribution in [0.25, 0.3) is 45.0 Å². The molecule has 2 aliphatic heterocycles. The highest BCUT2D eigenvalue weighted by molar-refractivity contribution is 7.91. The molecule has 0 saturated carbocycles. The number of carbonyl (C=O) groups excluding carboxylic acids is 1. The van der Waals surface area contributed by atoms with Crippen LogP contribution in [0.1, 0.15) is 67.7 Å². The molecular weight excluding hydrogens is 1750 g/mol. The standard InChI is InChI=1S/C25H30FN3O3S.C24H26FN3O4S.C22H25FN2O5S2.C22H25FN2O4S/c1-27-18-20-16-25(23-10-3-4-11-24(23)26)29(19-20)33(30,31)22-9-7-8-21(17-22)32-15-14-28-12-5-2-6-13-28;1-17(29)27-11-10-20(16-27)32-19-6-5-7-21(13-19)33(30,31)28-15-18(14-26-2)12-24(28)22-8-3-4-9-23(22)25;1-24-15-17-13-22(20-9-3-4-10-21(20)23)25(16-17)32(28,29)19-8-5-7-18(14-19)30-11-6-12-31(2,26)27;1-24-15-17-13-22(20-9-3-4-10-21(20)23)25(16-17)30(26,27)19-8-5-7-18(14-19)29-12-6-11-28-2/h3-4,7-11,16-17,19,27H,2,5-6,12-15,18H2,1H3;3-9,12-13,15,20,26H,10-11,14,16H2,1-2H3;3-5,7-10,13-14,16,24H,6,11-12,15H2,1-2H3;3-5,7-10,13-14,16,24H,6,11-12,15H2,1-2H3. The van der Waals surface area contributed by atoms with Crippen LogP contribution in [0.15, 0.2) is 263 Å². The maximum atomic E-state index is 14.6.